The van der Waals surface area contributed by atoms with Gasteiger partial charge in [-0.25, -0.2) is 15.0 Å². The smallest absolute Gasteiger partial charge is 0.357 e. The Labute approximate surface area is 189 Å². The highest BCUT2D eigenvalue weighted by atomic mass is 127. The number of halogens is 4. The van der Waals surface area contributed by atoms with E-state index in [-0.39, 0.29) is 29.9 Å². The van der Waals surface area contributed by atoms with Crippen molar-refractivity contribution in [2.24, 2.45) is 4.99 Å². The third-order valence-electron chi connectivity index (χ3n) is 3.66. The molecule has 0 saturated heterocycles. The minimum atomic E-state index is -4.49. The van der Waals surface area contributed by atoms with Crippen LogP contribution >= 0.6 is 35.3 Å². The van der Waals surface area contributed by atoms with Gasteiger partial charge in [0.15, 0.2) is 5.96 Å². The maximum absolute atomic E-state index is 12.7. The molecule has 2 rings (SSSR count). The van der Waals surface area contributed by atoms with E-state index in [1.807, 2.05) is 20.8 Å². The van der Waals surface area contributed by atoms with Crippen molar-refractivity contribution in [2.75, 3.05) is 31.5 Å². The predicted octanol–water partition coefficient (Wildman–Crippen LogP) is 3.40. The summed E-state index contributed by atoms with van der Waals surface area (Å²) in [5, 5.41) is 10.1. The fourth-order valence-corrected chi connectivity index (χ4v) is 3.13. The molecule has 0 fully saturated rings. The van der Waals surface area contributed by atoms with Crippen molar-refractivity contribution < 1.29 is 13.2 Å². The minimum Gasteiger partial charge on any atom is -0.357 e. The lowest BCUT2D eigenvalue weighted by Crippen LogP contribution is -2.39. The first kappa shape index (κ1) is 25.3. The third kappa shape index (κ3) is 8.68. The maximum Gasteiger partial charge on any atom is 0.433 e. The molecule has 0 aliphatic heterocycles. The first-order valence-corrected chi connectivity index (χ1v) is 9.70. The Hall–Kier alpha value is -1.70. The van der Waals surface area contributed by atoms with E-state index in [4.69, 9.17) is 0 Å². The molecule has 2 aromatic heterocycles. The van der Waals surface area contributed by atoms with Crippen LogP contribution < -0.4 is 16.0 Å². The largest absolute Gasteiger partial charge is 0.433 e. The summed E-state index contributed by atoms with van der Waals surface area (Å²) in [5.41, 5.74) is 0.0809. The van der Waals surface area contributed by atoms with Gasteiger partial charge < -0.3 is 16.0 Å². The lowest BCUT2D eigenvalue weighted by atomic mass is 10.4. The van der Waals surface area contributed by atoms with E-state index < -0.39 is 11.9 Å². The van der Waals surface area contributed by atoms with Crippen LogP contribution in [0.15, 0.2) is 17.3 Å². The topological polar surface area (TPSA) is 87.1 Å². The average Bonchev–Trinajstić information content (AvgIpc) is 2.96. The predicted molar refractivity (Wildman–Crippen MR) is 120 cm³/mol. The SMILES string of the molecule is CCNC(=NCCc1nc(C)c(C)s1)NCCNc1nccc(C(F)(F)F)n1.I. The number of hydrogen-bond acceptors (Lipinski definition) is 6. The number of guanidine groups is 1. The Morgan fingerprint density at radius 1 is 1.17 bits per heavy atom. The molecular weight excluding hydrogens is 518 g/mol. The van der Waals surface area contributed by atoms with E-state index in [2.05, 4.69) is 35.9 Å². The fraction of sp³-hybridized carbons (Fsp3) is 0.529. The van der Waals surface area contributed by atoms with Crippen LogP contribution in [0.3, 0.4) is 0 Å². The zero-order chi connectivity index (χ0) is 20.6. The van der Waals surface area contributed by atoms with Gasteiger partial charge in [-0.15, -0.1) is 35.3 Å². The second kappa shape index (κ2) is 12.1. The molecule has 12 heteroatoms. The number of alkyl halides is 3. The van der Waals surface area contributed by atoms with E-state index in [9.17, 15) is 13.2 Å². The first-order valence-electron chi connectivity index (χ1n) is 8.88. The van der Waals surface area contributed by atoms with Crippen molar-refractivity contribution in [1.29, 1.82) is 0 Å². The van der Waals surface area contributed by atoms with Crippen LogP contribution in [-0.4, -0.2) is 47.1 Å². The number of aromatic nitrogens is 3. The molecule has 0 atom stereocenters. The van der Waals surface area contributed by atoms with Gasteiger partial charge in [0.2, 0.25) is 5.95 Å². The summed E-state index contributed by atoms with van der Waals surface area (Å²) in [7, 11) is 0. The molecule has 29 heavy (non-hydrogen) atoms. The number of nitrogens with zero attached hydrogens (tertiary/aromatic N) is 4. The summed E-state index contributed by atoms with van der Waals surface area (Å²) in [6.07, 6.45) is -2.65. The molecule has 162 valence electrons. The molecule has 7 nitrogen and oxygen atoms in total. The van der Waals surface area contributed by atoms with E-state index in [1.165, 1.54) is 4.88 Å². The van der Waals surface area contributed by atoms with Crippen molar-refractivity contribution in [3.63, 3.8) is 0 Å². The monoisotopic (exact) mass is 543 g/mol. The highest BCUT2D eigenvalue weighted by Gasteiger charge is 2.32. The van der Waals surface area contributed by atoms with E-state index in [0.717, 1.165) is 29.4 Å². The second-order valence-corrected chi connectivity index (χ2v) is 7.16. The summed E-state index contributed by atoms with van der Waals surface area (Å²) in [4.78, 5) is 17.5. The van der Waals surface area contributed by atoms with E-state index >= 15 is 0 Å². The summed E-state index contributed by atoms with van der Waals surface area (Å²) in [5.74, 6) is 0.576. The Balaban J connectivity index is 0.00000420. The van der Waals surface area contributed by atoms with Gasteiger partial charge in [-0.1, -0.05) is 0 Å². The number of rotatable bonds is 8. The zero-order valence-corrected chi connectivity index (χ0v) is 19.6. The van der Waals surface area contributed by atoms with Crippen LogP contribution in [0.5, 0.6) is 0 Å². The third-order valence-corrected chi connectivity index (χ3v) is 4.79. The number of anilines is 1. The quantitative estimate of drug-likeness (QED) is 0.205. The molecule has 0 radical (unpaired) electrons. The number of aryl methyl sites for hydroxylation is 2. The number of nitrogens with one attached hydrogen (secondary N) is 3. The van der Waals surface area contributed by atoms with Crippen LogP contribution in [0.1, 0.15) is 28.2 Å². The highest BCUT2D eigenvalue weighted by molar-refractivity contribution is 14.0. The second-order valence-electron chi connectivity index (χ2n) is 5.88. The molecule has 0 aromatic carbocycles. The van der Waals surface area contributed by atoms with Gasteiger partial charge in [0.1, 0.15) is 5.69 Å². The maximum atomic E-state index is 12.7. The summed E-state index contributed by atoms with van der Waals surface area (Å²) >= 11 is 1.68. The van der Waals surface area contributed by atoms with Crippen LogP contribution in [0.2, 0.25) is 0 Å². The molecule has 0 unspecified atom stereocenters. The Morgan fingerprint density at radius 2 is 1.93 bits per heavy atom. The molecule has 0 saturated carbocycles. The molecular formula is C17H25F3IN7S. The summed E-state index contributed by atoms with van der Waals surface area (Å²) in [6.45, 7) is 8.08. The van der Waals surface area contributed by atoms with Crippen molar-refractivity contribution >= 4 is 47.2 Å². The highest BCUT2D eigenvalue weighted by Crippen LogP contribution is 2.27. The van der Waals surface area contributed by atoms with Crippen molar-refractivity contribution in [3.05, 3.63) is 33.5 Å². The Kier molecular flexibility index (Phi) is 10.6. The minimum absolute atomic E-state index is 0. The fourth-order valence-electron chi connectivity index (χ4n) is 2.21. The van der Waals surface area contributed by atoms with E-state index in [1.54, 1.807) is 11.3 Å². The molecule has 3 N–H and O–H groups in total. The lowest BCUT2D eigenvalue weighted by Gasteiger charge is -2.12. The molecule has 0 bridgehead atoms. The van der Waals surface area contributed by atoms with Gasteiger partial charge in [0.05, 0.1) is 10.7 Å². The normalized spacial score (nSPS) is 11.7. The standard InChI is InChI=1S/C17H24F3N7S.HI/c1-4-21-15(22-8-6-14-26-11(2)12(3)28-14)24-9-10-25-16-23-7-5-13(27-16)17(18,19)20;/h5,7H,4,6,8-10H2,1-3H3,(H2,21,22,24)(H,23,25,27);1H. The van der Waals surface area contributed by atoms with Crippen molar-refractivity contribution in [2.45, 2.75) is 33.4 Å². The Bertz CT molecular complexity index is 776. The van der Waals surface area contributed by atoms with Gasteiger partial charge in [0.25, 0.3) is 0 Å². The van der Waals surface area contributed by atoms with Crippen LogP contribution in [0.4, 0.5) is 19.1 Å². The van der Waals surface area contributed by atoms with Gasteiger partial charge in [-0.2, -0.15) is 13.2 Å². The number of thiazole rings is 1. The molecule has 0 aliphatic rings. The average molecular weight is 543 g/mol. The molecule has 2 aromatic rings. The van der Waals surface area contributed by atoms with Gasteiger partial charge in [-0.05, 0) is 26.8 Å². The van der Waals surface area contributed by atoms with Gasteiger partial charge >= 0.3 is 6.18 Å². The van der Waals surface area contributed by atoms with E-state index in [0.29, 0.717) is 32.1 Å². The Morgan fingerprint density at radius 3 is 2.55 bits per heavy atom. The van der Waals surface area contributed by atoms with Crippen molar-refractivity contribution in [3.8, 4) is 0 Å². The molecule has 0 amide bonds. The number of aliphatic imine (C=N–C) groups is 1. The molecule has 0 aliphatic carbocycles. The summed E-state index contributed by atoms with van der Waals surface area (Å²) in [6, 6.07) is 0.838. The van der Waals surface area contributed by atoms with Gasteiger partial charge in [-0.3, -0.25) is 4.99 Å². The summed E-state index contributed by atoms with van der Waals surface area (Å²) < 4.78 is 38.0. The number of hydrogen-bond donors (Lipinski definition) is 3. The van der Waals surface area contributed by atoms with Crippen LogP contribution in [-0.2, 0) is 12.6 Å². The molecule has 0 spiro atoms. The molecule has 2 heterocycles. The van der Waals surface area contributed by atoms with Gasteiger partial charge in [0, 0.05) is 43.7 Å². The lowest BCUT2D eigenvalue weighted by molar-refractivity contribution is -0.141. The first-order chi connectivity index (χ1) is 13.3. The van der Waals surface area contributed by atoms with Crippen molar-refractivity contribution in [1.82, 2.24) is 25.6 Å². The zero-order valence-electron chi connectivity index (χ0n) is 16.4. The van der Waals surface area contributed by atoms with Crippen LogP contribution in [0.25, 0.3) is 0 Å². The van der Waals surface area contributed by atoms with Crippen LogP contribution in [0, 0.1) is 13.8 Å².